The lowest BCUT2D eigenvalue weighted by atomic mass is 10.0. The normalized spacial score (nSPS) is 17.9. The van der Waals surface area contributed by atoms with E-state index in [4.69, 9.17) is 5.73 Å². The zero-order chi connectivity index (χ0) is 11.3. The van der Waals surface area contributed by atoms with E-state index in [2.05, 4.69) is 17.0 Å². The van der Waals surface area contributed by atoms with Crippen LogP contribution in [0.2, 0.25) is 0 Å². The van der Waals surface area contributed by atoms with Crippen LogP contribution in [0.4, 0.5) is 5.82 Å². The first-order chi connectivity index (χ1) is 7.66. The van der Waals surface area contributed by atoms with Gasteiger partial charge in [-0.3, -0.25) is 0 Å². The highest BCUT2D eigenvalue weighted by molar-refractivity contribution is 5.52. The van der Waals surface area contributed by atoms with Gasteiger partial charge in [-0.25, -0.2) is 4.98 Å². The third-order valence-electron chi connectivity index (χ3n) is 3.49. The number of nitrogens with zero attached hydrogens (tertiary/aromatic N) is 3. The first kappa shape index (κ1) is 9.63. The Labute approximate surface area is 94.5 Å². The van der Waals surface area contributed by atoms with Crippen molar-refractivity contribution < 1.29 is 0 Å². The summed E-state index contributed by atoms with van der Waals surface area (Å²) < 4.78 is 1.71. The minimum atomic E-state index is 0.515. The van der Waals surface area contributed by atoms with Crippen molar-refractivity contribution in [3.05, 3.63) is 23.5 Å². The van der Waals surface area contributed by atoms with Gasteiger partial charge < -0.3 is 5.73 Å². The van der Waals surface area contributed by atoms with Gasteiger partial charge >= 0.3 is 0 Å². The number of nitrogen functional groups attached to an aromatic ring is 1. The molecular formula is C12H16N4. The number of aromatic nitrogens is 3. The Balaban J connectivity index is 2.15. The summed E-state index contributed by atoms with van der Waals surface area (Å²) in [6.07, 6.45) is 4.46. The molecule has 4 heteroatoms. The average Bonchev–Trinajstić information content (AvgIpc) is 3.04. The quantitative estimate of drug-likeness (QED) is 0.836. The summed E-state index contributed by atoms with van der Waals surface area (Å²) in [6.45, 7) is 4.25. The minimum absolute atomic E-state index is 0.515. The minimum Gasteiger partial charge on any atom is -0.384 e. The molecular weight excluding hydrogens is 200 g/mol. The molecule has 2 aromatic rings. The summed E-state index contributed by atoms with van der Waals surface area (Å²) in [6, 6.07) is 1.96. The first-order valence-corrected chi connectivity index (χ1v) is 5.77. The van der Waals surface area contributed by atoms with Crippen LogP contribution in [0.1, 0.15) is 36.9 Å². The van der Waals surface area contributed by atoms with E-state index in [9.17, 15) is 0 Å². The van der Waals surface area contributed by atoms with Crippen LogP contribution in [0.5, 0.6) is 0 Å². The maximum absolute atomic E-state index is 5.99. The van der Waals surface area contributed by atoms with Crippen LogP contribution in [-0.4, -0.2) is 14.6 Å². The van der Waals surface area contributed by atoms with E-state index >= 15 is 0 Å². The number of rotatable bonds is 2. The summed E-state index contributed by atoms with van der Waals surface area (Å²) >= 11 is 0. The lowest BCUT2D eigenvalue weighted by molar-refractivity contribution is 0.643. The lowest BCUT2D eigenvalue weighted by Crippen LogP contribution is -2.06. The topological polar surface area (TPSA) is 56.2 Å². The van der Waals surface area contributed by atoms with Gasteiger partial charge in [-0.2, -0.15) is 9.61 Å². The van der Waals surface area contributed by atoms with Crippen molar-refractivity contribution in [3.8, 4) is 0 Å². The number of hydrogen-bond acceptors (Lipinski definition) is 3. The Morgan fingerprint density at radius 2 is 2.25 bits per heavy atom. The molecule has 0 amide bonds. The summed E-state index contributed by atoms with van der Waals surface area (Å²) in [5, 5.41) is 4.21. The lowest BCUT2D eigenvalue weighted by Gasteiger charge is -2.11. The Morgan fingerprint density at radius 1 is 1.50 bits per heavy atom. The van der Waals surface area contributed by atoms with Crippen LogP contribution in [-0.2, 0) is 0 Å². The monoisotopic (exact) mass is 216 g/mol. The fourth-order valence-electron chi connectivity index (χ4n) is 2.19. The highest BCUT2D eigenvalue weighted by Gasteiger charge is 2.30. The van der Waals surface area contributed by atoms with E-state index in [0.717, 1.165) is 22.8 Å². The van der Waals surface area contributed by atoms with Crippen molar-refractivity contribution >= 4 is 11.5 Å². The Morgan fingerprint density at radius 3 is 2.94 bits per heavy atom. The van der Waals surface area contributed by atoms with Crippen LogP contribution < -0.4 is 5.73 Å². The molecule has 3 rings (SSSR count). The largest absolute Gasteiger partial charge is 0.384 e. The highest BCUT2D eigenvalue weighted by Crippen LogP contribution is 2.42. The van der Waals surface area contributed by atoms with Crippen LogP contribution >= 0.6 is 0 Å². The molecule has 1 aliphatic carbocycles. The second-order valence-electron chi connectivity index (χ2n) is 4.79. The second kappa shape index (κ2) is 3.20. The van der Waals surface area contributed by atoms with Crippen molar-refractivity contribution in [2.45, 2.75) is 32.6 Å². The molecule has 0 unspecified atom stereocenters. The summed E-state index contributed by atoms with van der Waals surface area (Å²) in [5.74, 6) is 2.00. The fraction of sp³-hybridized carbons (Fsp3) is 0.500. The molecule has 84 valence electrons. The van der Waals surface area contributed by atoms with E-state index in [1.807, 2.05) is 19.2 Å². The van der Waals surface area contributed by atoms with Crippen LogP contribution in [0.15, 0.2) is 12.3 Å². The van der Waals surface area contributed by atoms with E-state index in [1.54, 1.807) is 4.52 Å². The van der Waals surface area contributed by atoms with Gasteiger partial charge in [-0.05, 0) is 25.7 Å². The van der Waals surface area contributed by atoms with Crippen molar-refractivity contribution in [2.24, 2.45) is 5.92 Å². The summed E-state index contributed by atoms with van der Waals surface area (Å²) in [7, 11) is 0. The fourth-order valence-corrected chi connectivity index (χ4v) is 2.19. The van der Waals surface area contributed by atoms with Crippen molar-refractivity contribution in [2.75, 3.05) is 5.73 Å². The van der Waals surface area contributed by atoms with Crippen LogP contribution in [0, 0.1) is 12.8 Å². The predicted molar refractivity (Wildman–Crippen MR) is 63.3 cm³/mol. The van der Waals surface area contributed by atoms with Gasteiger partial charge in [0.25, 0.3) is 0 Å². The Kier molecular flexibility index (Phi) is 1.93. The number of anilines is 1. The Bertz CT molecular complexity index is 539. The molecule has 16 heavy (non-hydrogen) atoms. The number of nitrogens with two attached hydrogens (primary N) is 1. The standard InChI is InChI=1S/C12H16N4/c1-7-6-14-16-11(13)5-10(15-12(7)16)8(2)9-3-4-9/h5-6,8-9H,3-4,13H2,1-2H3/t8-/m1/s1. The van der Waals surface area contributed by atoms with Crippen molar-refractivity contribution in [3.63, 3.8) is 0 Å². The molecule has 1 fully saturated rings. The van der Waals surface area contributed by atoms with Crippen molar-refractivity contribution in [1.29, 1.82) is 0 Å². The van der Waals surface area contributed by atoms with Crippen molar-refractivity contribution in [1.82, 2.24) is 14.6 Å². The van der Waals surface area contributed by atoms with Gasteiger partial charge in [0.2, 0.25) is 0 Å². The highest BCUT2D eigenvalue weighted by atomic mass is 15.3. The SMILES string of the molecule is Cc1cnn2c(N)cc([C@H](C)C3CC3)nc12. The molecule has 0 aliphatic heterocycles. The zero-order valence-electron chi connectivity index (χ0n) is 9.64. The average molecular weight is 216 g/mol. The molecule has 0 bridgehead atoms. The molecule has 0 saturated heterocycles. The molecule has 2 N–H and O–H groups in total. The molecule has 1 saturated carbocycles. The summed E-state index contributed by atoms with van der Waals surface area (Å²) in [5.41, 5.74) is 9.07. The maximum atomic E-state index is 5.99. The second-order valence-corrected chi connectivity index (χ2v) is 4.79. The third kappa shape index (κ3) is 1.37. The van der Waals surface area contributed by atoms with Crippen LogP contribution in [0.3, 0.4) is 0 Å². The smallest absolute Gasteiger partial charge is 0.160 e. The van der Waals surface area contributed by atoms with Gasteiger partial charge in [0.05, 0.1) is 6.20 Å². The van der Waals surface area contributed by atoms with E-state index in [-0.39, 0.29) is 0 Å². The molecule has 0 spiro atoms. The predicted octanol–water partition coefficient (Wildman–Crippen LogP) is 2.13. The molecule has 1 aliphatic rings. The molecule has 0 aromatic carbocycles. The molecule has 0 radical (unpaired) electrons. The van der Waals surface area contributed by atoms with Crippen LogP contribution in [0.25, 0.3) is 5.65 Å². The third-order valence-corrected chi connectivity index (χ3v) is 3.49. The number of hydrogen-bond donors (Lipinski definition) is 1. The Hall–Kier alpha value is -1.58. The van der Waals surface area contributed by atoms with Gasteiger partial charge in [0, 0.05) is 23.2 Å². The zero-order valence-corrected chi connectivity index (χ0v) is 9.64. The maximum Gasteiger partial charge on any atom is 0.160 e. The van der Waals surface area contributed by atoms with E-state index < -0.39 is 0 Å². The summed E-state index contributed by atoms with van der Waals surface area (Å²) in [4.78, 5) is 4.68. The van der Waals surface area contributed by atoms with Gasteiger partial charge in [0.1, 0.15) is 5.82 Å². The number of aryl methyl sites for hydroxylation is 1. The first-order valence-electron chi connectivity index (χ1n) is 5.77. The molecule has 2 heterocycles. The van der Waals surface area contributed by atoms with Gasteiger partial charge in [-0.1, -0.05) is 6.92 Å². The molecule has 4 nitrogen and oxygen atoms in total. The van der Waals surface area contributed by atoms with Gasteiger partial charge in [-0.15, -0.1) is 0 Å². The number of fused-ring (bicyclic) bond motifs is 1. The van der Waals surface area contributed by atoms with E-state index in [0.29, 0.717) is 11.7 Å². The molecule has 1 atom stereocenters. The van der Waals surface area contributed by atoms with E-state index in [1.165, 1.54) is 12.8 Å². The molecule has 2 aromatic heterocycles. The van der Waals surface area contributed by atoms with Gasteiger partial charge in [0.15, 0.2) is 5.65 Å².